The van der Waals surface area contributed by atoms with Crippen molar-refractivity contribution >= 4 is 22.4 Å². The molecule has 0 spiro atoms. The van der Waals surface area contributed by atoms with Crippen molar-refractivity contribution in [1.29, 1.82) is 0 Å². The molecule has 0 fully saturated rings. The first-order valence-corrected chi connectivity index (χ1v) is 7.60. The average molecular weight is 322 g/mol. The van der Waals surface area contributed by atoms with Crippen LogP contribution in [0.1, 0.15) is 11.3 Å². The highest BCUT2D eigenvalue weighted by atomic mass is 16.1. The van der Waals surface area contributed by atoms with Crippen LogP contribution < -0.4 is 16.6 Å². The van der Waals surface area contributed by atoms with E-state index in [1.54, 1.807) is 37.6 Å². The van der Waals surface area contributed by atoms with Crippen LogP contribution in [0.5, 0.6) is 0 Å². The van der Waals surface area contributed by atoms with Crippen molar-refractivity contribution in [3.8, 4) is 0 Å². The Labute approximate surface area is 138 Å². The largest absolute Gasteiger partial charge is 0.326 e. The molecular weight excluding hydrogens is 304 g/mol. The number of hydrogen-bond donors (Lipinski definition) is 2. The number of hydrogen-bond acceptors (Lipinski definition) is 4. The van der Waals surface area contributed by atoms with Crippen molar-refractivity contribution in [3.63, 3.8) is 0 Å². The Hall–Kier alpha value is -2.99. The van der Waals surface area contributed by atoms with Gasteiger partial charge < -0.3 is 15.6 Å². The number of nitrogens with zero attached hydrogens (tertiary/aromatic N) is 2. The van der Waals surface area contributed by atoms with Gasteiger partial charge in [0.2, 0.25) is 5.91 Å². The van der Waals surface area contributed by atoms with Crippen LogP contribution in [0.15, 0.2) is 53.6 Å². The molecule has 1 amide bonds. The fourth-order valence-corrected chi connectivity index (χ4v) is 2.55. The quantitative estimate of drug-likeness (QED) is 0.763. The zero-order chi connectivity index (χ0) is 17.1. The average Bonchev–Trinajstić information content (AvgIpc) is 2.58. The Balaban J connectivity index is 1.80. The van der Waals surface area contributed by atoms with Crippen molar-refractivity contribution in [2.45, 2.75) is 13.0 Å². The highest BCUT2D eigenvalue weighted by Crippen LogP contribution is 2.16. The summed E-state index contributed by atoms with van der Waals surface area (Å²) in [6, 6.07) is 10.8. The van der Waals surface area contributed by atoms with Gasteiger partial charge >= 0.3 is 0 Å². The summed E-state index contributed by atoms with van der Waals surface area (Å²) in [5, 5.41) is 4.25. The second-order valence-electron chi connectivity index (χ2n) is 5.62. The first kappa shape index (κ1) is 15.9. The molecule has 3 rings (SSSR count). The molecule has 0 unspecified atom stereocenters. The number of aromatic nitrogens is 2. The van der Waals surface area contributed by atoms with E-state index in [1.165, 1.54) is 4.57 Å². The topological polar surface area (TPSA) is 90.0 Å². The van der Waals surface area contributed by atoms with E-state index in [1.807, 2.05) is 18.2 Å². The maximum absolute atomic E-state index is 12.2. The smallest absolute Gasteiger partial charge is 0.258 e. The molecule has 2 aromatic heterocycles. The lowest BCUT2D eigenvalue weighted by Gasteiger charge is -2.08. The number of carbonyl (C=O) groups excluding carboxylic acids is 1. The van der Waals surface area contributed by atoms with Gasteiger partial charge in [0, 0.05) is 37.1 Å². The summed E-state index contributed by atoms with van der Waals surface area (Å²) < 4.78 is 1.51. The van der Waals surface area contributed by atoms with Crippen molar-refractivity contribution in [2.75, 3.05) is 5.32 Å². The van der Waals surface area contributed by atoms with Crippen LogP contribution in [-0.4, -0.2) is 15.5 Å². The number of pyridine rings is 2. The molecule has 0 atom stereocenters. The van der Waals surface area contributed by atoms with Crippen LogP contribution in [-0.2, 0) is 24.8 Å². The maximum atomic E-state index is 12.2. The monoisotopic (exact) mass is 322 g/mol. The number of benzene rings is 1. The molecule has 24 heavy (non-hydrogen) atoms. The van der Waals surface area contributed by atoms with Gasteiger partial charge in [-0.15, -0.1) is 0 Å². The third-order valence-corrected chi connectivity index (χ3v) is 3.82. The molecule has 0 radical (unpaired) electrons. The molecule has 2 heterocycles. The lowest BCUT2D eigenvalue weighted by atomic mass is 10.1. The molecule has 0 aliphatic heterocycles. The molecule has 6 nitrogen and oxygen atoms in total. The number of nitrogens with one attached hydrogen (secondary N) is 1. The Morgan fingerprint density at radius 2 is 2.08 bits per heavy atom. The van der Waals surface area contributed by atoms with E-state index in [2.05, 4.69) is 10.3 Å². The van der Waals surface area contributed by atoms with Crippen LogP contribution >= 0.6 is 0 Å². The van der Waals surface area contributed by atoms with Crippen molar-refractivity contribution in [2.24, 2.45) is 12.8 Å². The highest BCUT2D eigenvalue weighted by Gasteiger charge is 2.07. The Morgan fingerprint density at radius 3 is 2.88 bits per heavy atom. The summed E-state index contributed by atoms with van der Waals surface area (Å²) in [6.45, 7) is 0.337. The van der Waals surface area contributed by atoms with E-state index in [-0.39, 0.29) is 17.9 Å². The highest BCUT2D eigenvalue weighted by molar-refractivity contribution is 5.95. The van der Waals surface area contributed by atoms with Crippen LogP contribution in [0.25, 0.3) is 10.8 Å². The molecule has 0 aliphatic rings. The fraction of sp³-hybridized carbons (Fsp3) is 0.167. The molecule has 3 aromatic rings. The summed E-state index contributed by atoms with van der Waals surface area (Å²) in [5.41, 5.74) is 7.66. The van der Waals surface area contributed by atoms with Crippen molar-refractivity contribution in [1.82, 2.24) is 9.55 Å². The van der Waals surface area contributed by atoms with E-state index in [0.29, 0.717) is 17.6 Å². The van der Waals surface area contributed by atoms with Crippen LogP contribution in [0.4, 0.5) is 5.69 Å². The lowest BCUT2D eigenvalue weighted by Crippen LogP contribution is -2.17. The second-order valence-corrected chi connectivity index (χ2v) is 5.62. The standard InChI is InChI=1S/C18H18N4O2/c1-22-7-5-13-2-3-14(10-16(13)18(22)24)21-17(23)9-12-4-6-20-15(8-12)11-19/h2-8,10H,9,11,19H2,1H3,(H,21,23). The van der Waals surface area contributed by atoms with Gasteiger partial charge in [0.15, 0.2) is 0 Å². The predicted octanol–water partition coefficient (Wildman–Crippen LogP) is 1.57. The van der Waals surface area contributed by atoms with Gasteiger partial charge in [-0.3, -0.25) is 14.6 Å². The van der Waals surface area contributed by atoms with Gasteiger partial charge in [-0.2, -0.15) is 0 Å². The molecule has 3 N–H and O–H groups in total. The van der Waals surface area contributed by atoms with Crippen LogP contribution in [0.3, 0.4) is 0 Å². The number of rotatable bonds is 4. The predicted molar refractivity (Wildman–Crippen MR) is 93.7 cm³/mol. The summed E-state index contributed by atoms with van der Waals surface area (Å²) in [4.78, 5) is 28.5. The van der Waals surface area contributed by atoms with Gasteiger partial charge in [-0.1, -0.05) is 6.07 Å². The van der Waals surface area contributed by atoms with Gasteiger partial charge in [-0.25, -0.2) is 0 Å². The number of amides is 1. The first-order chi connectivity index (χ1) is 11.6. The van der Waals surface area contributed by atoms with E-state index < -0.39 is 0 Å². The van der Waals surface area contributed by atoms with Gasteiger partial charge in [-0.05, 0) is 41.3 Å². The Kier molecular flexibility index (Phi) is 4.39. The van der Waals surface area contributed by atoms with E-state index in [0.717, 1.165) is 16.6 Å². The summed E-state index contributed by atoms with van der Waals surface area (Å²) in [7, 11) is 1.70. The number of aryl methyl sites for hydroxylation is 1. The number of carbonyl (C=O) groups is 1. The van der Waals surface area contributed by atoms with E-state index in [4.69, 9.17) is 5.73 Å². The zero-order valence-electron chi connectivity index (χ0n) is 13.3. The molecule has 0 bridgehead atoms. The maximum Gasteiger partial charge on any atom is 0.258 e. The summed E-state index contributed by atoms with van der Waals surface area (Å²) in [6.07, 6.45) is 3.59. The minimum Gasteiger partial charge on any atom is -0.326 e. The third kappa shape index (κ3) is 3.33. The van der Waals surface area contributed by atoms with E-state index >= 15 is 0 Å². The molecule has 6 heteroatoms. The third-order valence-electron chi connectivity index (χ3n) is 3.82. The lowest BCUT2D eigenvalue weighted by molar-refractivity contribution is -0.115. The SMILES string of the molecule is Cn1ccc2ccc(NC(=O)Cc3ccnc(CN)c3)cc2c1=O. The van der Waals surface area contributed by atoms with Crippen molar-refractivity contribution in [3.05, 3.63) is 70.4 Å². The zero-order valence-corrected chi connectivity index (χ0v) is 13.3. The normalized spacial score (nSPS) is 10.8. The van der Waals surface area contributed by atoms with Gasteiger partial charge in [0.25, 0.3) is 5.56 Å². The van der Waals surface area contributed by atoms with Gasteiger partial charge in [0.1, 0.15) is 0 Å². The summed E-state index contributed by atoms with van der Waals surface area (Å²) in [5.74, 6) is -0.156. The molecule has 122 valence electrons. The molecule has 0 saturated carbocycles. The number of nitrogens with two attached hydrogens (primary N) is 1. The molecular formula is C18H18N4O2. The number of fused-ring (bicyclic) bond motifs is 1. The van der Waals surface area contributed by atoms with Crippen LogP contribution in [0, 0.1) is 0 Å². The van der Waals surface area contributed by atoms with E-state index in [9.17, 15) is 9.59 Å². The van der Waals surface area contributed by atoms with Crippen LogP contribution in [0.2, 0.25) is 0 Å². The first-order valence-electron chi connectivity index (χ1n) is 7.60. The molecule has 1 aromatic carbocycles. The summed E-state index contributed by atoms with van der Waals surface area (Å²) >= 11 is 0. The Morgan fingerprint density at radius 1 is 1.25 bits per heavy atom. The molecule has 0 aliphatic carbocycles. The Bertz CT molecular complexity index is 963. The van der Waals surface area contributed by atoms with Gasteiger partial charge in [0.05, 0.1) is 12.1 Å². The minimum absolute atomic E-state index is 0.0923. The fourth-order valence-electron chi connectivity index (χ4n) is 2.55. The minimum atomic E-state index is -0.156. The number of anilines is 1. The van der Waals surface area contributed by atoms with Crippen molar-refractivity contribution < 1.29 is 4.79 Å². The molecule has 0 saturated heterocycles. The second kappa shape index (κ2) is 6.64.